The number of hydrogen-bond donors (Lipinski definition) is 1. The van der Waals surface area contributed by atoms with Gasteiger partial charge in [0.2, 0.25) is 5.95 Å². The summed E-state index contributed by atoms with van der Waals surface area (Å²) in [6.07, 6.45) is -0.247. The van der Waals surface area contributed by atoms with E-state index in [2.05, 4.69) is 20.2 Å². The number of nitrogens with two attached hydrogens (primary N) is 1. The SMILES string of the molecule is FC(F)(F)c1ccccn1.Nc1nccnn1. The minimum Gasteiger partial charge on any atom is -0.366 e. The van der Waals surface area contributed by atoms with Crippen molar-refractivity contribution in [3.05, 3.63) is 42.5 Å². The lowest BCUT2D eigenvalue weighted by atomic mass is 10.3. The van der Waals surface area contributed by atoms with Crippen molar-refractivity contribution in [3.8, 4) is 0 Å². The molecular formula is C9H8F3N5. The Hall–Kier alpha value is -2.25. The van der Waals surface area contributed by atoms with E-state index in [0.29, 0.717) is 0 Å². The molecule has 0 amide bonds. The Bertz CT molecular complexity index is 431. The normalized spacial score (nSPS) is 10.3. The van der Waals surface area contributed by atoms with Gasteiger partial charge in [-0.15, -0.1) is 5.10 Å². The number of alkyl halides is 3. The zero-order chi connectivity index (χ0) is 12.7. The lowest BCUT2D eigenvalue weighted by Crippen LogP contribution is -2.06. The highest BCUT2D eigenvalue weighted by Gasteiger charge is 2.31. The van der Waals surface area contributed by atoms with Crippen molar-refractivity contribution in [1.29, 1.82) is 0 Å². The maximum Gasteiger partial charge on any atom is 0.433 e. The van der Waals surface area contributed by atoms with Gasteiger partial charge in [0, 0.05) is 6.20 Å². The van der Waals surface area contributed by atoms with Crippen LogP contribution in [0.1, 0.15) is 5.69 Å². The standard InChI is InChI=1S/C6H4F3N.C3H4N4/c7-6(8,9)5-3-1-2-4-10-5;4-3-5-1-2-6-7-3/h1-4H;1-2H,(H2,4,5,7). The lowest BCUT2D eigenvalue weighted by Gasteiger charge is -2.02. The van der Waals surface area contributed by atoms with Crippen molar-refractivity contribution < 1.29 is 13.2 Å². The van der Waals surface area contributed by atoms with E-state index in [1.807, 2.05) is 0 Å². The topological polar surface area (TPSA) is 77.6 Å². The maximum atomic E-state index is 11.7. The molecule has 17 heavy (non-hydrogen) atoms. The molecule has 2 aromatic heterocycles. The zero-order valence-corrected chi connectivity index (χ0v) is 8.46. The third kappa shape index (κ3) is 4.87. The van der Waals surface area contributed by atoms with E-state index >= 15 is 0 Å². The van der Waals surface area contributed by atoms with Crippen LogP contribution in [0.25, 0.3) is 0 Å². The largest absolute Gasteiger partial charge is 0.433 e. The summed E-state index contributed by atoms with van der Waals surface area (Å²) in [5.41, 5.74) is 4.22. The van der Waals surface area contributed by atoms with Gasteiger partial charge >= 0.3 is 6.18 Å². The minimum absolute atomic E-state index is 0.211. The van der Waals surface area contributed by atoms with E-state index in [-0.39, 0.29) is 5.95 Å². The zero-order valence-electron chi connectivity index (χ0n) is 8.46. The fraction of sp³-hybridized carbons (Fsp3) is 0.111. The monoisotopic (exact) mass is 243 g/mol. The lowest BCUT2D eigenvalue weighted by molar-refractivity contribution is -0.141. The molecule has 0 unspecified atom stereocenters. The third-order valence-corrected chi connectivity index (χ3v) is 1.46. The number of rotatable bonds is 0. The third-order valence-electron chi connectivity index (χ3n) is 1.46. The molecule has 90 valence electrons. The van der Waals surface area contributed by atoms with Crippen LogP contribution in [-0.2, 0) is 6.18 Å². The number of hydrogen-bond acceptors (Lipinski definition) is 5. The Labute approximate surface area is 94.5 Å². The highest BCUT2D eigenvalue weighted by atomic mass is 19.4. The Morgan fingerprint density at radius 3 is 2.06 bits per heavy atom. The van der Waals surface area contributed by atoms with Crippen LogP contribution in [0.2, 0.25) is 0 Å². The second-order valence-electron chi connectivity index (χ2n) is 2.71. The molecular weight excluding hydrogens is 235 g/mol. The number of aromatic nitrogens is 4. The van der Waals surface area contributed by atoms with E-state index in [9.17, 15) is 13.2 Å². The molecule has 0 saturated carbocycles. The molecule has 0 aliphatic carbocycles. The van der Waals surface area contributed by atoms with Crippen molar-refractivity contribution in [3.63, 3.8) is 0 Å². The van der Waals surface area contributed by atoms with Crippen LogP contribution in [-0.4, -0.2) is 20.2 Å². The van der Waals surface area contributed by atoms with Crippen LogP contribution in [0, 0.1) is 0 Å². The summed E-state index contributed by atoms with van der Waals surface area (Å²) in [5.74, 6) is 0.211. The van der Waals surface area contributed by atoms with Gasteiger partial charge in [-0.1, -0.05) is 6.07 Å². The molecule has 0 aliphatic rings. The van der Waals surface area contributed by atoms with Crippen LogP contribution >= 0.6 is 0 Å². The average molecular weight is 243 g/mol. The molecule has 2 N–H and O–H groups in total. The molecule has 0 fully saturated rings. The Morgan fingerprint density at radius 1 is 1.00 bits per heavy atom. The first-order valence-corrected chi connectivity index (χ1v) is 4.37. The van der Waals surface area contributed by atoms with Gasteiger partial charge in [-0.3, -0.25) is 4.98 Å². The predicted octanol–water partition coefficient (Wildman–Crippen LogP) is 1.55. The summed E-state index contributed by atoms with van der Waals surface area (Å²) in [6.45, 7) is 0. The van der Waals surface area contributed by atoms with Crippen molar-refractivity contribution >= 4 is 5.95 Å². The number of halogens is 3. The molecule has 0 saturated heterocycles. The summed E-state index contributed by atoms with van der Waals surface area (Å²) in [6, 6.07) is 3.67. The van der Waals surface area contributed by atoms with Gasteiger partial charge in [-0.2, -0.15) is 18.3 Å². The van der Waals surface area contributed by atoms with Crippen molar-refractivity contribution in [2.24, 2.45) is 0 Å². The molecule has 2 aromatic rings. The smallest absolute Gasteiger partial charge is 0.366 e. The second-order valence-corrected chi connectivity index (χ2v) is 2.71. The fourth-order valence-corrected chi connectivity index (χ4v) is 0.788. The summed E-state index contributed by atoms with van der Waals surface area (Å²) in [5, 5.41) is 6.84. The predicted molar refractivity (Wildman–Crippen MR) is 53.5 cm³/mol. The highest BCUT2D eigenvalue weighted by molar-refractivity contribution is 5.08. The van der Waals surface area contributed by atoms with Crippen molar-refractivity contribution in [2.45, 2.75) is 6.18 Å². The van der Waals surface area contributed by atoms with Gasteiger partial charge in [-0.05, 0) is 12.1 Å². The van der Waals surface area contributed by atoms with Gasteiger partial charge in [0.15, 0.2) is 0 Å². The van der Waals surface area contributed by atoms with Crippen LogP contribution in [0.4, 0.5) is 19.1 Å². The fourth-order valence-electron chi connectivity index (χ4n) is 0.788. The molecule has 0 radical (unpaired) electrons. The molecule has 0 atom stereocenters. The molecule has 0 aromatic carbocycles. The highest BCUT2D eigenvalue weighted by Crippen LogP contribution is 2.26. The molecule has 5 nitrogen and oxygen atoms in total. The van der Waals surface area contributed by atoms with Gasteiger partial charge < -0.3 is 5.73 Å². The molecule has 2 heterocycles. The van der Waals surface area contributed by atoms with Crippen molar-refractivity contribution in [2.75, 3.05) is 5.73 Å². The van der Waals surface area contributed by atoms with E-state index in [4.69, 9.17) is 5.73 Å². The van der Waals surface area contributed by atoms with Crippen LogP contribution < -0.4 is 5.73 Å². The molecule has 8 heteroatoms. The summed E-state index contributed by atoms with van der Waals surface area (Å²) < 4.78 is 35.2. The molecule has 0 aliphatic heterocycles. The van der Waals surface area contributed by atoms with Gasteiger partial charge in [-0.25, -0.2) is 4.98 Å². The van der Waals surface area contributed by atoms with Crippen LogP contribution in [0.15, 0.2) is 36.8 Å². The first-order chi connectivity index (χ1) is 8.00. The first-order valence-electron chi connectivity index (χ1n) is 4.37. The van der Waals surface area contributed by atoms with E-state index in [1.54, 1.807) is 0 Å². The quantitative estimate of drug-likeness (QED) is 0.759. The molecule has 0 bridgehead atoms. The summed E-state index contributed by atoms with van der Waals surface area (Å²) >= 11 is 0. The average Bonchev–Trinajstić information content (AvgIpc) is 2.31. The number of nitrogens with zero attached hydrogens (tertiary/aromatic N) is 4. The summed E-state index contributed by atoms with van der Waals surface area (Å²) in [4.78, 5) is 6.71. The van der Waals surface area contributed by atoms with Gasteiger partial charge in [0.05, 0.1) is 12.4 Å². The number of nitrogen functional groups attached to an aromatic ring is 1. The van der Waals surface area contributed by atoms with E-state index in [1.165, 1.54) is 24.5 Å². The molecule has 2 rings (SSSR count). The van der Waals surface area contributed by atoms with Crippen LogP contribution in [0.5, 0.6) is 0 Å². The minimum atomic E-state index is -4.32. The first kappa shape index (κ1) is 12.8. The summed E-state index contributed by atoms with van der Waals surface area (Å²) in [7, 11) is 0. The van der Waals surface area contributed by atoms with Gasteiger partial charge in [0.1, 0.15) is 5.69 Å². The van der Waals surface area contributed by atoms with Crippen molar-refractivity contribution in [1.82, 2.24) is 20.2 Å². The van der Waals surface area contributed by atoms with E-state index < -0.39 is 11.9 Å². The molecule has 0 spiro atoms. The Morgan fingerprint density at radius 2 is 1.76 bits per heavy atom. The van der Waals surface area contributed by atoms with E-state index in [0.717, 1.165) is 12.3 Å². The van der Waals surface area contributed by atoms with Gasteiger partial charge in [0.25, 0.3) is 0 Å². The Kier molecular flexibility index (Phi) is 4.32. The second kappa shape index (κ2) is 5.73. The van der Waals surface area contributed by atoms with Crippen LogP contribution in [0.3, 0.4) is 0 Å². The number of pyridine rings is 1. The Balaban J connectivity index is 0.000000181. The maximum absolute atomic E-state index is 11.7. The number of anilines is 1.